The van der Waals surface area contributed by atoms with Gasteiger partial charge in [-0.25, -0.2) is 4.79 Å². The predicted octanol–water partition coefficient (Wildman–Crippen LogP) is 1.91. The Morgan fingerprint density at radius 3 is 2.42 bits per heavy atom. The Kier molecular flexibility index (Phi) is 4.85. The third-order valence-electron chi connectivity index (χ3n) is 6.09. The first-order chi connectivity index (χ1) is 12.6. The molecule has 3 heterocycles. The zero-order valence-corrected chi connectivity index (χ0v) is 15.5. The number of hydrogen-bond acceptors (Lipinski definition) is 3. The molecule has 3 aliphatic heterocycles. The van der Waals surface area contributed by atoms with E-state index in [1.807, 2.05) is 34.1 Å². The van der Waals surface area contributed by atoms with Gasteiger partial charge in [-0.15, -0.1) is 0 Å². The lowest BCUT2D eigenvalue weighted by Crippen LogP contribution is -2.52. The number of nitrogens with one attached hydrogen (secondary N) is 1. The van der Waals surface area contributed by atoms with E-state index in [1.165, 1.54) is 0 Å². The Morgan fingerprint density at radius 1 is 1.04 bits per heavy atom. The molecule has 26 heavy (non-hydrogen) atoms. The molecule has 140 valence electrons. The van der Waals surface area contributed by atoms with E-state index in [-0.39, 0.29) is 18.0 Å². The minimum Gasteiger partial charge on any atom is -0.335 e. The standard InChI is InChI=1S/C20H28N4O2/c1-22-10-6-16(7-11-22)21-20(26)23-12-8-17(9-13-23)24-14-15-4-2-3-5-18(15)19(24)25/h2-5,16-17H,6-14H2,1H3,(H,21,26). The number of fused-ring (bicyclic) bond motifs is 1. The number of carbonyl (C=O) groups excluding carboxylic acids is 2. The number of amides is 3. The van der Waals surface area contributed by atoms with Gasteiger partial charge >= 0.3 is 6.03 Å². The zero-order chi connectivity index (χ0) is 18.1. The maximum atomic E-state index is 12.6. The summed E-state index contributed by atoms with van der Waals surface area (Å²) in [5, 5.41) is 3.20. The number of likely N-dealkylation sites (tertiary alicyclic amines) is 2. The van der Waals surface area contributed by atoms with Gasteiger partial charge in [-0.05, 0) is 57.5 Å². The van der Waals surface area contributed by atoms with Crippen molar-refractivity contribution >= 4 is 11.9 Å². The molecule has 2 saturated heterocycles. The lowest BCUT2D eigenvalue weighted by atomic mass is 10.0. The van der Waals surface area contributed by atoms with E-state index in [0.717, 1.165) is 63.0 Å². The molecule has 1 aromatic rings. The highest BCUT2D eigenvalue weighted by Crippen LogP contribution is 2.28. The van der Waals surface area contributed by atoms with Crippen molar-refractivity contribution in [2.45, 2.75) is 44.3 Å². The maximum Gasteiger partial charge on any atom is 0.317 e. The van der Waals surface area contributed by atoms with Crippen LogP contribution in [0.25, 0.3) is 0 Å². The second kappa shape index (κ2) is 7.27. The molecule has 1 N–H and O–H groups in total. The average Bonchev–Trinajstić information content (AvgIpc) is 3.01. The summed E-state index contributed by atoms with van der Waals surface area (Å²) in [6, 6.07) is 8.48. The minimum atomic E-state index is 0.0639. The molecular weight excluding hydrogens is 328 g/mol. The van der Waals surface area contributed by atoms with Gasteiger partial charge in [0.1, 0.15) is 0 Å². The van der Waals surface area contributed by atoms with Crippen LogP contribution in [0.15, 0.2) is 24.3 Å². The Hall–Kier alpha value is -2.08. The summed E-state index contributed by atoms with van der Waals surface area (Å²) in [7, 11) is 2.13. The summed E-state index contributed by atoms with van der Waals surface area (Å²) >= 11 is 0. The topological polar surface area (TPSA) is 55.9 Å². The van der Waals surface area contributed by atoms with E-state index in [9.17, 15) is 9.59 Å². The van der Waals surface area contributed by atoms with Crippen molar-refractivity contribution in [2.24, 2.45) is 0 Å². The number of benzene rings is 1. The summed E-state index contributed by atoms with van der Waals surface area (Å²) in [5.41, 5.74) is 1.97. The fourth-order valence-corrected chi connectivity index (χ4v) is 4.37. The summed E-state index contributed by atoms with van der Waals surface area (Å²) in [6.45, 7) is 4.25. The first kappa shape index (κ1) is 17.3. The first-order valence-electron chi connectivity index (χ1n) is 9.74. The molecule has 0 radical (unpaired) electrons. The quantitative estimate of drug-likeness (QED) is 0.881. The van der Waals surface area contributed by atoms with Gasteiger partial charge in [-0.2, -0.15) is 0 Å². The smallest absolute Gasteiger partial charge is 0.317 e. The van der Waals surface area contributed by atoms with Crippen LogP contribution in [-0.4, -0.2) is 71.9 Å². The molecular formula is C20H28N4O2. The van der Waals surface area contributed by atoms with Gasteiger partial charge in [-0.3, -0.25) is 4.79 Å². The van der Waals surface area contributed by atoms with Gasteiger partial charge in [0.25, 0.3) is 5.91 Å². The Labute approximate surface area is 155 Å². The summed E-state index contributed by atoms with van der Waals surface area (Å²) in [5.74, 6) is 0.148. The van der Waals surface area contributed by atoms with E-state index in [4.69, 9.17) is 0 Å². The fourth-order valence-electron chi connectivity index (χ4n) is 4.37. The second-order valence-electron chi connectivity index (χ2n) is 7.84. The van der Waals surface area contributed by atoms with E-state index >= 15 is 0 Å². The highest BCUT2D eigenvalue weighted by molar-refractivity contribution is 5.98. The molecule has 4 rings (SSSR count). The van der Waals surface area contributed by atoms with Crippen LogP contribution in [0.4, 0.5) is 4.79 Å². The first-order valence-corrected chi connectivity index (χ1v) is 9.74. The van der Waals surface area contributed by atoms with E-state index in [1.54, 1.807) is 0 Å². The normalized spacial score (nSPS) is 22.6. The molecule has 0 aliphatic carbocycles. The number of hydrogen-bond donors (Lipinski definition) is 1. The molecule has 0 unspecified atom stereocenters. The Morgan fingerprint density at radius 2 is 1.73 bits per heavy atom. The van der Waals surface area contributed by atoms with E-state index in [0.29, 0.717) is 12.6 Å². The van der Waals surface area contributed by atoms with Gasteiger partial charge in [0.05, 0.1) is 0 Å². The average molecular weight is 356 g/mol. The van der Waals surface area contributed by atoms with Crippen LogP contribution in [0.2, 0.25) is 0 Å². The van der Waals surface area contributed by atoms with E-state index in [2.05, 4.69) is 17.3 Å². The fraction of sp³-hybridized carbons (Fsp3) is 0.600. The van der Waals surface area contributed by atoms with Crippen LogP contribution in [0.1, 0.15) is 41.6 Å². The molecule has 0 aromatic heterocycles. The van der Waals surface area contributed by atoms with Gasteiger partial charge in [-0.1, -0.05) is 18.2 Å². The number of carbonyl (C=O) groups is 2. The van der Waals surface area contributed by atoms with Crippen molar-refractivity contribution in [3.05, 3.63) is 35.4 Å². The molecule has 0 atom stereocenters. The van der Waals surface area contributed by atoms with Gasteiger partial charge < -0.3 is 20.0 Å². The number of rotatable bonds is 2. The molecule has 3 amide bonds. The van der Waals surface area contributed by atoms with Gasteiger partial charge in [0.2, 0.25) is 0 Å². The molecule has 0 saturated carbocycles. The van der Waals surface area contributed by atoms with Crippen molar-refractivity contribution in [1.82, 2.24) is 20.0 Å². The SMILES string of the molecule is CN1CCC(NC(=O)N2CCC(N3Cc4ccccc4C3=O)CC2)CC1. The molecule has 0 spiro atoms. The monoisotopic (exact) mass is 356 g/mol. The van der Waals surface area contributed by atoms with Crippen LogP contribution in [0, 0.1) is 0 Å². The van der Waals surface area contributed by atoms with Crippen LogP contribution < -0.4 is 5.32 Å². The molecule has 1 aromatic carbocycles. The predicted molar refractivity (Wildman–Crippen MR) is 100.0 cm³/mol. The van der Waals surface area contributed by atoms with Crippen LogP contribution in [-0.2, 0) is 6.54 Å². The maximum absolute atomic E-state index is 12.6. The lowest BCUT2D eigenvalue weighted by Gasteiger charge is -2.38. The minimum absolute atomic E-state index is 0.0639. The summed E-state index contributed by atoms with van der Waals surface area (Å²) in [6.07, 6.45) is 3.78. The largest absolute Gasteiger partial charge is 0.335 e. The summed E-state index contributed by atoms with van der Waals surface area (Å²) in [4.78, 5) is 31.4. The van der Waals surface area contributed by atoms with Crippen molar-refractivity contribution in [3.63, 3.8) is 0 Å². The van der Waals surface area contributed by atoms with Crippen LogP contribution in [0.5, 0.6) is 0 Å². The second-order valence-corrected chi connectivity index (χ2v) is 7.84. The van der Waals surface area contributed by atoms with Crippen molar-refractivity contribution in [1.29, 1.82) is 0 Å². The Bertz CT molecular complexity index is 676. The number of piperidine rings is 2. The van der Waals surface area contributed by atoms with E-state index < -0.39 is 0 Å². The van der Waals surface area contributed by atoms with Crippen LogP contribution >= 0.6 is 0 Å². The molecule has 6 nitrogen and oxygen atoms in total. The van der Waals surface area contributed by atoms with Gasteiger partial charge in [0.15, 0.2) is 0 Å². The molecule has 2 fully saturated rings. The lowest BCUT2D eigenvalue weighted by molar-refractivity contribution is 0.0620. The summed E-state index contributed by atoms with van der Waals surface area (Å²) < 4.78 is 0. The third-order valence-corrected chi connectivity index (χ3v) is 6.09. The van der Waals surface area contributed by atoms with Gasteiger partial charge in [0, 0.05) is 37.3 Å². The molecule has 3 aliphatic rings. The van der Waals surface area contributed by atoms with Crippen LogP contribution in [0.3, 0.4) is 0 Å². The zero-order valence-electron chi connectivity index (χ0n) is 15.5. The third kappa shape index (κ3) is 3.43. The van der Waals surface area contributed by atoms with Crippen molar-refractivity contribution < 1.29 is 9.59 Å². The number of urea groups is 1. The van der Waals surface area contributed by atoms with Crippen molar-refractivity contribution in [2.75, 3.05) is 33.2 Å². The number of nitrogens with zero attached hydrogens (tertiary/aromatic N) is 3. The molecule has 6 heteroatoms. The van der Waals surface area contributed by atoms with Crippen molar-refractivity contribution in [3.8, 4) is 0 Å². The Balaban J connectivity index is 1.28. The highest BCUT2D eigenvalue weighted by Gasteiger charge is 2.35. The molecule has 0 bridgehead atoms. The highest BCUT2D eigenvalue weighted by atomic mass is 16.2.